The second-order valence-corrected chi connectivity index (χ2v) is 5.27. The van der Waals surface area contributed by atoms with Crippen LogP contribution in [0.15, 0.2) is 18.2 Å². The van der Waals surface area contributed by atoms with E-state index >= 15 is 0 Å². The number of carbonyl (C=O) groups excluding carboxylic acids is 1. The summed E-state index contributed by atoms with van der Waals surface area (Å²) in [6, 6.07) is 5.17. The van der Waals surface area contributed by atoms with E-state index in [2.05, 4.69) is 19.2 Å². The van der Waals surface area contributed by atoms with Gasteiger partial charge in [-0.1, -0.05) is 37.0 Å². The van der Waals surface area contributed by atoms with Crippen molar-refractivity contribution >= 4 is 34.8 Å². The zero-order valence-corrected chi connectivity index (χ0v) is 12.9. The second kappa shape index (κ2) is 8.28. The molecule has 0 aliphatic heterocycles. The summed E-state index contributed by atoms with van der Waals surface area (Å²) in [6.07, 6.45) is 1.93. The first-order valence-electron chi connectivity index (χ1n) is 6.54. The fourth-order valence-electron chi connectivity index (χ4n) is 1.85. The Labute approximate surface area is 124 Å². The van der Waals surface area contributed by atoms with Crippen molar-refractivity contribution in [1.29, 1.82) is 0 Å². The molecule has 3 nitrogen and oxygen atoms in total. The Morgan fingerprint density at radius 2 is 1.63 bits per heavy atom. The van der Waals surface area contributed by atoms with Crippen LogP contribution in [0.25, 0.3) is 0 Å². The molecule has 0 heterocycles. The number of hydrogen-bond donors (Lipinski definition) is 1. The Kier molecular flexibility index (Phi) is 7.03. The Bertz CT molecular complexity index is 398. The molecule has 0 bridgehead atoms. The van der Waals surface area contributed by atoms with Crippen LogP contribution in [0.3, 0.4) is 0 Å². The third-order valence-corrected chi connectivity index (χ3v) is 3.08. The van der Waals surface area contributed by atoms with Crippen LogP contribution < -0.4 is 5.32 Å². The Morgan fingerprint density at radius 1 is 1.11 bits per heavy atom. The molecule has 0 unspecified atom stereocenters. The molecule has 1 amide bonds. The van der Waals surface area contributed by atoms with Gasteiger partial charge in [0.05, 0.1) is 6.54 Å². The molecule has 0 fully saturated rings. The highest BCUT2D eigenvalue weighted by molar-refractivity contribution is 6.35. The first kappa shape index (κ1) is 16.1. The van der Waals surface area contributed by atoms with Crippen molar-refractivity contribution in [3.8, 4) is 0 Å². The molecule has 1 aromatic rings. The molecule has 5 heteroatoms. The minimum Gasteiger partial charge on any atom is -0.376 e. The maximum absolute atomic E-state index is 12.1. The third kappa shape index (κ3) is 5.70. The fourth-order valence-corrected chi connectivity index (χ4v) is 2.37. The van der Waals surface area contributed by atoms with Gasteiger partial charge in [0.25, 0.3) is 0 Å². The molecule has 0 aliphatic carbocycles. The van der Waals surface area contributed by atoms with Crippen molar-refractivity contribution in [3.05, 3.63) is 28.2 Å². The van der Waals surface area contributed by atoms with Crippen LogP contribution in [-0.2, 0) is 4.79 Å². The molecular formula is C14H20Cl2N2O. The molecular weight excluding hydrogens is 283 g/mol. The number of halogens is 2. The summed E-state index contributed by atoms with van der Waals surface area (Å²) in [4.78, 5) is 13.9. The molecule has 0 saturated carbocycles. The fraction of sp³-hybridized carbons (Fsp3) is 0.500. The molecule has 0 saturated heterocycles. The van der Waals surface area contributed by atoms with E-state index in [0.717, 1.165) is 31.6 Å². The van der Waals surface area contributed by atoms with Crippen LogP contribution >= 0.6 is 23.2 Å². The smallest absolute Gasteiger partial charge is 0.241 e. The van der Waals surface area contributed by atoms with Gasteiger partial charge in [0, 0.05) is 28.8 Å². The predicted molar refractivity (Wildman–Crippen MR) is 82.1 cm³/mol. The molecule has 0 atom stereocenters. The lowest BCUT2D eigenvalue weighted by Gasteiger charge is -2.21. The topological polar surface area (TPSA) is 32.3 Å². The van der Waals surface area contributed by atoms with Crippen molar-refractivity contribution in [2.45, 2.75) is 26.7 Å². The first-order chi connectivity index (χ1) is 9.06. The summed E-state index contributed by atoms with van der Waals surface area (Å²) in [7, 11) is 0. The van der Waals surface area contributed by atoms with E-state index in [9.17, 15) is 4.79 Å². The van der Waals surface area contributed by atoms with Gasteiger partial charge >= 0.3 is 0 Å². The lowest BCUT2D eigenvalue weighted by molar-refractivity contribution is -0.129. The van der Waals surface area contributed by atoms with Gasteiger partial charge in [-0.05, 0) is 31.0 Å². The highest BCUT2D eigenvalue weighted by Gasteiger charge is 2.11. The minimum absolute atomic E-state index is 0.0970. The SMILES string of the molecule is CCCN(CCC)C(=O)CNc1cc(Cl)cc(Cl)c1. The third-order valence-electron chi connectivity index (χ3n) is 2.65. The number of nitrogens with zero attached hydrogens (tertiary/aromatic N) is 1. The number of nitrogens with one attached hydrogen (secondary N) is 1. The molecule has 106 valence electrons. The van der Waals surface area contributed by atoms with E-state index in [1.807, 2.05) is 4.90 Å². The average Bonchev–Trinajstić information content (AvgIpc) is 2.34. The monoisotopic (exact) mass is 302 g/mol. The van der Waals surface area contributed by atoms with E-state index in [1.54, 1.807) is 18.2 Å². The summed E-state index contributed by atoms with van der Waals surface area (Å²) in [6.45, 7) is 5.99. The van der Waals surface area contributed by atoms with Gasteiger partial charge in [-0.3, -0.25) is 4.79 Å². The van der Waals surface area contributed by atoms with Crippen molar-refractivity contribution in [2.24, 2.45) is 0 Å². The first-order valence-corrected chi connectivity index (χ1v) is 7.30. The number of amides is 1. The number of hydrogen-bond acceptors (Lipinski definition) is 2. The van der Waals surface area contributed by atoms with Crippen LogP contribution in [0, 0.1) is 0 Å². The van der Waals surface area contributed by atoms with Gasteiger partial charge in [0.1, 0.15) is 0 Å². The Hall–Kier alpha value is -0.930. The average molecular weight is 303 g/mol. The minimum atomic E-state index is 0.0970. The van der Waals surface area contributed by atoms with Gasteiger partial charge in [0.2, 0.25) is 5.91 Å². The van der Waals surface area contributed by atoms with Gasteiger partial charge < -0.3 is 10.2 Å². The maximum Gasteiger partial charge on any atom is 0.241 e. The van der Waals surface area contributed by atoms with Gasteiger partial charge in [-0.15, -0.1) is 0 Å². The molecule has 1 rings (SSSR count). The largest absolute Gasteiger partial charge is 0.376 e. The van der Waals surface area contributed by atoms with E-state index in [4.69, 9.17) is 23.2 Å². The van der Waals surface area contributed by atoms with Crippen LogP contribution in [-0.4, -0.2) is 30.4 Å². The van der Waals surface area contributed by atoms with Crippen LogP contribution in [0.5, 0.6) is 0 Å². The molecule has 0 aromatic heterocycles. The van der Waals surface area contributed by atoms with Crippen molar-refractivity contribution in [2.75, 3.05) is 25.0 Å². The van der Waals surface area contributed by atoms with Crippen LogP contribution in [0.2, 0.25) is 10.0 Å². The molecule has 0 spiro atoms. The van der Waals surface area contributed by atoms with Crippen LogP contribution in [0.4, 0.5) is 5.69 Å². The van der Waals surface area contributed by atoms with Crippen molar-refractivity contribution < 1.29 is 4.79 Å². The van der Waals surface area contributed by atoms with Gasteiger partial charge in [0.15, 0.2) is 0 Å². The Balaban J connectivity index is 2.56. The van der Waals surface area contributed by atoms with Gasteiger partial charge in [-0.2, -0.15) is 0 Å². The number of anilines is 1. The number of carbonyl (C=O) groups is 1. The highest BCUT2D eigenvalue weighted by atomic mass is 35.5. The predicted octanol–water partition coefficient (Wildman–Crippen LogP) is 4.05. The molecule has 19 heavy (non-hydrogen) atoms. The van der Waals surface area contributed by atoms with E-state index in [-0.39, 0.29) is 12.5 Å². The molecule has 1 N–H and O–H groups in total. The highest BCUT2D eigenvalue weighted by Crippen LogP contribution is 2.22. The summed E-state index contributed by atoms with van der Waals surface area (Å²) in [5.74, 6) is 0.0970. The molecule has 0 radical (unpaired) electrons. The molecule has 1 aromatic carbocycles. The van der Waals surface area contributed by atoms with Crippen molar-refractivity contribution in [3.63, 3.8) is 0 Å². The quantitative estimate of drug-likeness (QED) is 0.824. The van der Waals surface area contributed by atoms with Crippen LogP contribution in [0.1, 0.15) is 26.7 Å². The van der Waals surface area contributed by atoms with Crippen molar-refractivity contribution in [1.82, 2.24) is 4.90 Å². The summed E-state index contributed by atoms with van der Waals surface area (Å²) < 4.78 is 0. The summed E-state index contributed by atoms with van der Waals surface area (Å²) >= 11 is 11.8. The van der Waals surface area contributed by atoms with E-state index in [0.29, 0.717) is 10.0 Å². The number of benzene rings is 1. The summed E-state index contributed by atoms with van der Waals surface area (Å²) in [5.41, 5.74) is 0.763. The van der Waals surface area contributed by atoms with E-state index in [1.165, 1.54) is 0 Å². The van der Waals surface area contributed by atoms with E-state index < -0.39 is 0 Å². The Morgan fingerprint density at radius 3 is 2.11 bits per heavy atom. The van der Waals surface area contributed by atoms with Gasteiger partial charge in [-0.25, -0.2) is 0 Å². The standard InChI is InChI=1S/C14H20Cl2N2O/c1-3-5-18(6-4-2)14(19)10-17-13-8-11(15)7-12(16)9-13/h7-9,17H,3-6,10H2,1-2H3. The molecule has 0 aliphatic rings. The lowest BCUT2D eigenvalue weighted by atomic mass is 10.3. The zero-order valence-electron chi connectivity index (χ0n) is 11.4. The second-order valence-electron chi connectivity index (χ2n) is 4.39. The normalized spacial score (nSPS) is 10.3. The maximum atomic E-state index is 12.1. The lowest BCUT2D eigenvalue weighted by Crippen LogP contribution is -2.36. The summed E-state index contributed by atoms with van der Waals surface area (Å²) in [5, 5.41) is 4.18. The number of rotatable bonds is 7. The zero-order chi connectivity index (χ0) is 14.3.